The number of anilines is 1. The summed E-state index contributed by atoms with van der Waals surface area (Å²) in [6, 6.07) is 3.23. The Morgan fingerprint density at radius 2 is 2.14 bits per heavy atom. The number of phenols is 1. The smallest absolute Gasteiger partial charge is 0.330 e. The van der Waals surface area contributed by atoms with Crippen LogP contribution in [0.15, 0.2) is 24.2 Å². The van der Waals surface area contributed by atoms with Crippen molar-refractivity contribution in [1.82, 2.24) is 4.72 Å². The predicted octanol–water partition coefficient (Wildman–Crippen LogP) is 1.30. The molecule has 0 aromatic heterocycles. The molecule has 1 aromatic rings. The molecule has 1 aliphatic heterocycles. The lowest BCUT2D eigenvalue weighted by Crippen LogP contribution is -2.30. The van der Waals surface area contributed by atoms with Crippen LogP contribution in [-0.4, -0.2) is 31.3 Å². The van der Waals surface area contributed by atoms with E-state index in [4.69, 9.17) is 4.74 Å². The molecule has 1 aliphatic carbocycles. The molecule has 0 radical (unpaired) electrons. The third-order valence-electron chi connectivity index (χ3n) is 3.85. The second-order valence-electron chi connectivity index (χ2n) is 5.35. The molecule has 2 aliphatic rings. The molecular formula is C14H18N2O5S. The van der Waals surface area contributed by atoms with E-state index in [-0.39, 0.29) is 17.5 Å². The molecule has 1 unspecified atom stereocenters. The minimum Gasteiger partial charge on any atom is -0.506 e. The van der Waals surface area contributed by atoms with Gasteiger partial charge in [-0.1, -0.05) is 0 Å². The summed E-state index contributed by atoms with van der Waals surface area (Å²) in [6.07, 6.45) is 3.47. The molecule has 1 aromatic carbocycles. The number of rotatable bonds is 3. The summed E-state index contributed by atoms with van der Waals surface area (Å²) in [6.45, 7) is 2.59. The third kappa shape index (κ3) is 2.59. The number of nitrogens with zero attached hydrogens (tertiary/aromatic N) is 1. The second-order valence-corrected chi connectivity index (χ2v) is 6.89. The zero-order valence-electron chi connectivity index (χ0n) is 12.1. The summed E-state index contributed by atoms with van der Waals surface area (Å²) in [5, 5.41) is 19.5. The van der Waals surface area contributed by atoms with Crippen LogP contribution in [0.25, 0.3) is 0 Å². The average Bonchev–Trinajstić information content (AvgIpc) is 2.71. The molecule has 8 heteroatoms. The predicted molar refractivity (Wildman–Crippen MR) is 80.8 cm³/mol. The largest absolute Gasteiger partial charge is 0.506 e. The highest BCUT2D eigenvalue weighted by Crippen LogP contribution is 2.37. The van der Waals surface area contributed by atoms with Crippen LogP contribution < -0.4 is 9.03 Å². The van der Waals surface area contributed by atoms with Crippen molar-refractivity contribution in [2.45, 2.75) is 32.3 Å². The topological polar surface area (TPSA) is 99.1 Å². The van der Waals surface area contributed by atoms with E-state index in [2.05, 4.69) is 0 Å². The fraction of sp³-hybridized carbons (Fsp3) is 0.429. The van der Waals surface area contributed by atoms with Crippen LogP contribution in [0.2, 0.25) is 0 Å². The van der Waals surface area contributed by atoms with Gasteiger partial charge in [0.2, 0.25) is 5.88 Å². The number of aromatic hydroxyl groups is 1. The maximum Gasteiger partial charge on any atom is 0.330 e. The normalized spacial score (nSPS) is 22.9. The Bertz CT molecular complexity index is 729. The van der Waals surface area contributed by atoms with Gasteiger partial charge in [0.1, 0.15) is 11.4 Å². The molecule has 3 N–H and O–H groups in total. The van der Waals surface area contributed by atoms with Crippen molar-refractivity contribution in [2.24, 2.45) is 0 Å². The summed E-state index contributed by atoms with van der Waals surface area (Å²) in [5.41, 5.74) is 2.08. The van der Waals surface area contributed by atoms with Gasteiger partial charge >= 0.3 is 10.2 Å². The van der Waals surface area contributed by atoms with Crippen LogP contribution in [0, 0.1) is 0 Å². The van der Waals surface area contributed by atoms with Gasteiger partial charge in [-0.3, -0.25) is 0 Å². The zero-order chi connectivity index (χ0) is 15.9. The highest BCUT2D eigenvalue weighted by molar-refractivity contribution is 7.91. The van der Waals surface area contributed by atoms with Crippen LogP contribution in [0.1, 0.15) is 24.5 Å². The van der Waals surface area contributed by atoms with Gasteiger partial charge in [0.25, 0.3) is 0 Å². The molecule has 22 heavy (non-hydrogen) atoms. The molecule has 120 valence electrons. The SMILES string of the molecule is CCOC1CCc2cc(N3C=C(O)NS3(=O)=O)c(O)cc2C1. The molecule has 0 bridgehead atoms. The second kappa shape index (κ2) is 5.36. The Morgan fingerprint density at radius 1 is 1.36 bits per heavy atom. The maximum absolute atomic E-state index is 11.9. The van der Waals surface area contributed by atoms with Gasteiger partial charge in [0.15, 0.2) is 0 Å². The molecule has 0 amide bonds. The minimum atomic E-state index is -3.90. The fourth-order valence-corrected chi connectivity index (χ4v) is 3.95. The monoisotopic (exact) mass is 326 g/mol. The van der Waals surface area contributed by atoms with Crippen molar-refractivity contribution < 1.29 is 23.4 Å². The Hall–Kier alpha value is -1.93. The van der Waals surface area contributed by atoms with Crippen molar-refractivity contribution >= 4 is 15.9 Å². The van der Waals surface area contributed by atoms with Crippen LogP contribution in [0.4, 0.5) is 5.69 Å². The Labute approximate surface area is 129 Å². The van der Waals surface area contributed by atoms with E-state index in [0.29, 0.717) is 13.0 Å². The van der Waals surface area contributed by atoms with E-state index in [1.54, 1.807) is 12.1 Å². The molecule has 7 nitrogen and oxygen atoms in total. The highest BCUT2D eigenvalue weighted by Gasteiger charge is 2.32. The Kier molecular flexibility index (Phi) is 3.65. The van der Waals surface area contributed by atoms with E-state index in [0.717, 1.165) is 34.5 Å². The summed E-state index contributed by atoms with van der Waals surface area (Å²) in [5.74, 6) is -0.624. The summed E-state index contributed by atoms with van der Waals surface area (Å²) in [4.78, 5) is 0. The number of nitrogens with one attached hydrogen (secondary N) is 1. The molecule has 0 fully saturated rings. The van der Waals surface area contributed by atoms with Gasteiger partial charge in [0, 0.05) is 6.61 Å². The van der Waals surface area contributed by atoms with Gasteiger partial charge in [0.05, 0.1) is 12.3 Å². The van der Waals surface area contributed by atoms with E-state index in [9.17, 15) is 18.6 Å². The fourth-order valence-electron chi connectivity index (χ4n) is 2.89. The molecule has 0 spiro atoms. The van der Waals surface area contributed by atoms with Crippen molar-refractivity contribution in [1.29, 1.82) is 0 Å². The lowest BCUT2D eigenvalue weighted by atomic mass is 9.89. The minimum absolute atomic E-state index is 0.129. The van der Waals surface area contributed by atoms with Crippen molar-refractivity contribution in [3.05, 3.63) is 35.3 Å². The lowest BCUT2D eigenvalue weighted by Gasteiger charge is -2.26. The number of hydrogen-bond acceptors (Lipinski definition) is 5. The Morgan fingerprint density at radius 3 is 2.77 bits per heavy atom. The highest BCUT2D eigenvalue weighted by atomic mass is 32.2. The van der Waals surface area contributed by atoms with Crippen LogP contribution in [0.5, 0.6) is 5.75 Å². The molecule has 1 atom stereocenters. The zero-order valence-corrected chi connectivity index (χ0v) is 12.9. The first-order valence-corrected chi connectivity index (χ1v) is 8.54. The maximum atomic E-state index is 11.9. The Balaban J connectivity index is 1.96. The number of aliphatic hydroxyl groups excluding tert-OH is 1. The number of ether oxygens (including phenoxy) is 1. The van der Waals surface area contributed by atoms with Crippen LogP contribution in [-0.2, 0) is 27.8 Å². The van der Waals surface area contributed by atoms with Crippen molar-refractivity contribution in [2.75, 3.05) is 10.9 Å². The standard InChI is InChI=1S/C14H18N2O5S/c1-2-21-11-4-3-9-6-12(13(17)7-10(9)5-11)16-8-14(18)15-22(16,19)20/h6-8,11,15,17-18H,2-5H2,1H3. The molecule has 0 saturated carbocycles. The van der Waals surface area contributed by atoms with Crippen molar-refractivity contribution in [3.63, 3.8) is 0 Å². The third-order valence-corrected chi connectivity index (χ3v) is 5.14. The van der Waals surface area contributed by atoms with E-state index < -0.39 is 16.1 Å². The van der Waals surface area contributed by atoms with Gasteiger partial charge in [-0.15, -0.1) is 0 Å². The van der Waals surface area contributed by atoms with Crippen LogP contribution in [0.3, 0.4) is 0 Å². The van der Waals surface area contributed by atoms with Crippen molar-refractivity contribution in [3.8, 4) is 5.75 Å². The number of benzene rings is 1. The average molecular weight is 326 g/mol. The lowest BCUT2D eigenvalue weighted by molar-refractivity contribution is 0.0534. The number of aryl methyl sites for hydroxylation is 1. The summed E-state index contributed by atoms with van der Waals surface area (Å²) < 4.78 is 32.2. The molecule has 0 saturated heterocycles. The van der Waals surface area contributed by atoms with Gasteiger partial charge in [-0.25, -0.2) is 9.03 Å². The van der Waals surface area contributed by atoms with Crippen LogP contribution >= 0.6 is 0 Å². The summed E-state index contributed by atoms with van der Waals surface area (Å²) >= 11 is 0. The quantitative estimate of drug-likeness (QED) is 0.777. The first-order chi connectivity index (χ1) is 10.4. The number of hydrogen-bond donors (Lipinski definition) is 3. The molecule has 1 heterocycles. The molecule has 3 rings (SSSR count). The molecular weight excluding hydrogens is 308 g/mol. The first kappa shape index (κ1) is 15.0. The number of fused-ring (bicyclic) bond motifs is 1. The van der Waals surface area contributed by atoms with Gasteiger partial charge in [-0.2, -0.15) is 8.42 Å². The van der Waals surface area contributed by atoms with E-state index >= 15 is 0 Å². The summed E-state index contributed by atoms with van der Waals surface area (Å²) in [7, 11) is -3.90. The first-order valence-electron chi connectivity index (χ1n) is 7.10. The number of aliphatic hydroxyl groups is 1. The van der Waals surface area contributed by atoms with E-state index in [1.807, 2.05) is 11.6 Å². The van der Waals surface area contributed by atoms with Gasteiger partial charge < -0.3 is 14.9 Å². The van der Waals surface area contributed by atoms with E-state index in [1.165, 1.54) is 0 Å². The van der Waals surface area contributed by atoms with Gasteiger partial charge in [-0.05, 0) is 49.4 Å². The number of phenolic OH excluding ortho intramolecular Hbond substituents is 1.